The van der Waals surface area contributed by atoms with Crippen molar-refractivity contribution in [2.24, 2.45) is 0 Å². The molecule has 1 heterocycles. The van der Waals surface area contributed by atoms with E-state index in [1.807, 2.05) is 49.1 Å². The summed E-state index contributed by atoms with van der Waals surface area (Å²) in [7, 11) is 0. The molecule has 1 saturated heterocycles. The Morgan fingerprint density at radius 3 is 2.72 bits per heavy atom. The van der Waals surface area contributed by atoms with Gasteiger partial charge in [0, 0.05) is 13.1 Å². The molecule has 1 aliphatic rings. The van der Waals surface area contributed by atoms with Crippen molar-refractivity contribution in [3.8, 4) is 0 Å². The van der Waals surface area contributed by atoms with Crippen LogP contribution < -0.4 is 0 Å². The van der Waals surface area contributed by atoms with Crippen molar-refractivity contribution in [1.29, 1.82) is 0 Å². The summed E-state index contributed by atoms with van der Waals surface area (Å²) in [5, 5.41) is 9.24. The number of hydrogen-bond donors (Lipinski definition) is 1. The Kier molecular flexibility index (Phi) is 3.68. The molecule has 18 heavy (non-hydrogen) atoms. The summed E-state index contributed by atoms with van der Waals surface area (Å²) in [5.74, 6) is -0.818. The highest BCUT2D eigenvalue weighted by atomic mass is 16.5. The zero-order valence-corrected chi connectivity index (χ0v) is 10.8. The smallest absolute Gasteiger partial charge is 0.323 e. The van der Waals surface area contributed by atoms with Crippen molar-refractivity contribution in [2.75, 3.05) is 13.2 Å². The molecule has 0 aliphatic carbocycles. The van der Waals surface area contributed by atoms with Gasteiger partial charge in [-0.2, -0.15) is 0 Å². The van der Waals surface area contributed by atoms with Crippen LogP contribution in [0.4, 0.5) is 0 Å². The third kappa shape index (κ3) is 3.09. The molecule has 0 amide bonds. The molecule has 1 N–H and O–H groups in total. The number of ether oxygens (including phenoxy) is 1. The van der Waals surface area contributed by atoms with Crippen molar-refractivity contribution in [1.82, 2.24) is 4.90 Å². The van der Waals surface area contributed by atoms with Crippen LogP contribution in [-0.2, 0) is 16.1 Å². The van der Waals surface area contributed by atoms with Crippen molar-refractivity contribution in [3.05, 3.63) is 35.9 Å². The minimum Gasteiger partial charge on any atom is -0.480 e. The predicted molar refractivity (Wildman–Crippen MR) is 68.3 cm³/mol. The number of carboxylic acid groups (broad SMARTS) is 1. The van der Waals surface area contributed by atoms with E-state index in [4.69, 9.17) is 4.74 Å². The fourth-order valence-electron chi connectivity index (χ4n) is 2.27. The lowest BCUT2D eigenvalue weighted by Gasteiger charge is -2.41. The molecule has 1 aromatic rings. The molecule has 0 bridgehead atoms. The van der Waals surface area contributed by atoms with E-state index in [2.05, 4.69) is 0 Å². The highest BCUT2D eigenvalue weighted by Gasteiger charge is 2.37. The maximum atomic E-state index is 11.2. The molecule has 4 nitrogen and oxygen atoms in total. The molecule has 0 aromatic heterocycles. The first kappa shape index (κ1) is 13.1. The molecular formula is C14H19NO3. The number of rotatable bonds is 3. The number of nitrogens with zero attached hydrogens (tertiary/aromatic N) is 1. The lowest BCUT2D eigenvalue weighted by molar-refractivity contribution is -0.163. The van der Waals surface area contributed by atoms with Gasteiger partial charge in [0.15, 0.2) is 0 Å². The van der Waals surface area contributed by atoms with Crippen LogP contribution in [0.5, 0.6) is 0 Å². The summed E-state index contributed by atoms with van der Waals surface area (Å²) >= 11 is 0. The molecule has 4 heteroatoms. The number of hydrogen-bond acceptors (Lipinski definition) is 3. The first-order valence-corrected chi connectivity index (χ1v) is 6.13. The van der Waals surface area contributed by atoms with E-state index in [-0.39, 0.29) is 12.2 Å². The van der Waals surface area contributed by atoms with Gasteiger partial charge < -0.3 is 9.84 Å². The average molecular weight is 249 g/mol. The second kappa shape index (κ2) is 5.08. The highest BCUT2D eigenvalue weighted by Crippen LogP contribution is 2.22. The van der Waals surface area contributed by atoms with E-state index in [1.165, 1.54) is 0 Å². The molecule has 1 aromatic carbocycles. The Balaban J connectivity index is 2.13. The number of carboxylic acids is 1. The zero-order valence-electron chi connectivity index (χ0n) is 10.8. The van der Waals surface area contributed by atoms with Crippen molar-refractivity contribution >= 4 is 5.97 Å². The van der Waals surface area contributed by atoms with Crippen LogP contribution in [0.1, 0.15) is 19.4 Å². The maximum Gasteiger partial charge on any atom is 0.323 e. The van der Waals surface area contributed by atoms with E-state index in [1.54, 1.807) is 0 Å². The minimum absolute atomic E-state index is 0.245. The molecule has 1 fully saturated rings. The Bertz CT molecular complexity index is 416. The Labute approximate surface area is 107 Å². The molecule has 0 radical (unpaired) electrons. The van der Waals surface area contributed by atoms with E-state index < -0.39 is 12.0 Å². The molecule has 98 valence electrons. The van der Waals surface area contributed by atoms with Gasteiger partial charge in [-0.1, -0.05) is 30.3 Å². The van der Waals surface area contributed by atoms with Crippen molar-refractivity contribution < 1.29 is 14.6 Å². The number of carbonyl (C=O) groups is 1. The van der Waals surface area contributed by atoms with E-state index >= 15 is 0 Å². The van der Waals surface area contributed by atoms with Crippen LogP contribution >= 0.6 is 0 Å². The molecule has 0 saturated carbocycles. The van der Waals surface area contributed by atoms with Gasteiger partial charge >= 0.3 is 5.97 Å². The molecule has 2 rings (SSSR count). The topological polar surface area (TPSA) is 49.8 Å². The van der Waals surface area contributed by atoms with Gasteiger partial charge in [-0.15, -0.1) is 0 Å². The second-order valence-electron chi connectivity index (χ2n) is 5.32. The van der Waals surface area contributed by atoms with Gasteiger partial charge in [0.25, 0.3) is 0 Å². The number of benzene rings is 1. The number of morpholine rings is 1. The Morgan fingerprint density at radius 1 is 1.44 bits per heavy atom. The molecular weight excluding hydrogens is 230 g/mol. The van der Waals surface area contributed by atoms with Crippen LogP contribution in [0.2, 0.25) is 0 Å². The first-order chi connectivity index (χ1) is 8.48. The number of aliphatic carboxylic acids is 1. The van der Waals surface area contributed by atoms with Crippen molar-refractivity contribution in [2.45, 2.75) is 32.0 Å². The normalized spacial score (nSPS) is 23.8. The van der Waals surface area contributed by atoms with Crippen LogP contribution in [0.15, 0.2) is 30.3 Å². The largest absolute Gasteiger partial charge is 0.480 e. The fourth-order valence-corrected chi connectivity index (χ4v) is 2.27. The molecule has 1 atom stereocenters. The van der Waals surface area contributed by atoms with Gasteiger partial charge in [0.05, 0.1) is 12.2 Å². The van der Waals surface area contributed by atoms with Gasteiger partial charge in [0.1, 0.15) is 6.04 Å². The fraction of sp³-hybridized carbons (Fsp3) is 0.500. The first-order valence-electron chi connectivity index (χ1n) is 6.13. The van der Waals surface area contributed by atoms with E-state index in [0.29, 0.717) is 13.1 Å². The SMILES string of the molecule is CC1(C)CN(Cc2ccccc2)C(C(=O)O)CO1. The summed E-state index contributed by atoms with van der Waals surface area (Å²) in [5.41, 5.74) is 0.835. The lowest BCUT2D eigenvalue weighted by atomic mass is 10.0. The molecule has 1 aliphatic heterocycles. The highest BCUT2D eigenvalue weighted by molar-refractivity contribution is 5.73. The van der Waals surface area contributed by atoms with Gasteiger partial charge in [0.2, 0.25) is 0 Å². The van der Waals surface area contributed by atoms with Crippen LogP contribution in [0.3, 0.4) is 0 Å². The van der Waals surface area contributed by atoms with Crippen LogP contribution in [0, 0.1) is 0 Å². The van der Waals surface area contributed by atoms with Crippen LogP contribution in [0.25, 0.3) is 0 Å². The molecule has 0 spiro atoms. The summed E-state index contributed by atoms with van der Waals surface area (Å²) in [6, 6.07) is 9.37. The second-order valence-corrected chi connectivity index (χ2v) is 5.32. The summed E-state index contributed by atoms with van der Waals surface area (Å²) in [6.45, 7) is 5.49. The Hall–Kier alpha value is -1.39. The minimum atomic E-state index is -0.818. The summed E-state index contributed by atoms with van der Waals surface area (Å²) in [4.78, 5) is 13.2. The predicted octanol–water partition coefficient (Wildman–Crippen LogP) is 1.75. The monoisotopic (exact) mass is 249 g/mol. The third-order valence-corrected chi connectivity index (χ3v) is 3.17. The third-order valence-electron chi connectivity index (χ3n) is 3.17. The van der Waals surface area contributed by atoms with Gasteiger partial charge in [-0.05, 0) is 19.4 Å². The Morgan fingerprint density at radius 2 is 2.11 bits per heavy atom. The van der Waals surface area contributed by atoms with Crippen molar-refractivity contribution in [3.63, 3.8) is 0 Å². The summed E-state index contributed by atoms with van der Waals surface area (Å²) < 4.78 is 5.58. The van der Waals surface area contributed by atoms with Crippen LogP contribution in [-0.4, -0.2) is 40.8 Å². The standard InChI is InChI=1S/C14H19NO3/c1-14(2)10-15(12(9-18-14)13(16)17)8-11-6-4-3-5-7-11/h3-7,12H,8-10H2,1-2H3,(H,16,17). The quantitative estimate of drug-likeness (QED) is 0.886. The van der Waals surface area contributed by atoms with Gasteiger partial charge in [-0.3, -0.25) is 9.69 Å². The van der Waals surface area contributed by atoms with E-state index in [0.717, 1.165) is 5.56 Å². The summed E-state index contributed by atoms with van der Waals surface area (Å²) in [6.07, 6.45) is 0. The lowest BCUT2D eigenvalue weighted by Crippen LogP contribution is -2.56. The zero-order chi connectivity index (χ0) is 13.2. The van der Waals surface area contributed by atoms with Gasteiger partial charge in [-0.25, -0.2) is 0 Å². The maximum absolute atomic E-state index is 11.2. The van der Waals surface area contributed by atoms with E-state index in [9.17, 15) is 9.90 Å². The molecule has 1 unspecified atom stereocenters. The average Bonchev–Trinajstić information content (AvgIpc) is 2.28.